The Balaban J connectivity index is 1.22. The average Bonchev–Trinajstić information content (AvgIpc) is 3.68. The quantitative estimate of drug-likeness (QED) is 0.183. The maximum atomic E-state index is 9.93. The summed E-state index contributed by atoms with van der Waals surface area (Å²) in [4.78, 5) is 3.81. The predicted octanol–water partition coefficient (Wildman–Crippen LogP) is 11.6. The van der Waals surface area contributed by atoms with Gasteiger partial charge in [0.2, 0.25) is 0 Å². The number of hydrogen-bond donors (Lipinski definition) is 0. The standard InChI is InChI=1S/C44H26N4/c1-46-33-23-24-35(43(27-33)48-39-19-5-2-16-36(39)37-17-3-6-20-40(37)48)31-13-8-11-29(25-31)30-12-9-15-34(26-30)47-41-21-7-4-18-38(41)44-32(28-45)14-10-22-42(44)47/h2-27H. The Bertz CT molecular complexity index is 2760. The Hall–Kier alpha value is -6.88. The molecule has 0 aliphatic carbocycles. The summed E-state index contributed by atoms with van der Waals surface area (Å²) < 4.78 is 4.54. The van der Waals surface area contributed by atoms with Crippen LogP contribution >= 0.6 is 0 Å². The first-order chi connectivity index (χ1) is 23.7. The summed E-state index contributed by atoms with van der Waals surface area (Å²) in [6.07, 6.45) is 0. The van der Waals surface area contributed by atoms with Crippen molar-refractivity contribution < 1.29 is 0 Å². The first-order valence-electron chi connectivity index (χ1n) is 15.9. The average molecular weight is 611 g/mol. The van der Waals surface area contributed by atoms with Gasteiger partial charge in [-0.3, -0.25) is 0 Å². The number of fused-ring (bicyclic) bond motifs is 6. The van der Waals surface area contributed by atoms with E-state index in [4.69, 9.17) is 6.57 Å². The van der Waals surface area contributed by atoms with Crippen LogP contribution in [0.3, 0.4) is 0 Å². The van der Waals surface area contributed by atoms with E-state index in [-0.39, 0.29) is 0 Å². The highest BCUT2D eigenvalue weighted by molar-refractivity contribution is 6.12. The van der Waals surface area contributed by atoms with Gasteiger partial charge in [0, 0.05) is 38.5 Å². The van der Waals surface area contributed by atoms with Crippen LogP contribution in [0.4, 0.5) is 5.69 Å². The van der Waals surface area contributed by atoms with E-state index in [9.17, 15) is 5.26 Å². The number of nitriles is 1. The molecular formula is C44H26N4. The number of para-hydroxylation sites is 3. The molecule has 0 aliphatic rings. The third-order valence-corrected chi connectivity index (χ3v) is 9.36. The summed E-state index contributed by atoms with van der Waals surface area (Å²) in [6, 6.07) is 56.8. The largest absolute Gasteiger partial charge is 0.310 e. The lowest BCUT2D eigenvalue weighted by Crippen LogP contribution is -1.97. The van der Waals surface area contributed by atoms with E-state index in [2.05, 4.69) is 141 Å². The third-order valence-electron chi connectivity index (χ3n) is 9.36. The van der Waals surface area contributed by atoms with E-state index in [1.165, 1.54) is 10.8 Å². The highest BCUT2D eigenvalue weighted by atomic mass is 15.0. The molecule has 0 fully saturated rings. The lowest BCUT2D eigenvalue weighted by Gasteiger charge is -2.16. The first kappa shape index (κ1) is 27.4. The van der Waals surface area contributed by atoms with Gasteiger partial charge in [-0.1, -0.05) is 103 Å². The van der Waals surface area contributed by atoms with Crippen LogP contribution in [0.25, 0.3) is 82.1 Å². The fourth-order valence-electron chi connectivity index (χ4n) is 7.28. The van der Waals surface area contributed by atoms with E-state index in [1.54, 1.807) is 0 Å². The molecule has 0 unspecified atom stereocenters. The van der Waals surface area contributed by atoms with Crippen LogP contribution in [-0.2, 0) is 0 Å². The summed E-state index contributed by atoms with van der Waals surface area (Å²) in [5.41, 5.74) is 11.9. The van der Waals surface area contributed by atoms with Crippen molar-refractivity contribution in [3.63, 3.8) is 0 Å². The number of benzene rings is 7. The lowest BCUT2D eigenvalue weighted by atomic mass is 9.97. The van der Waals surface area contributed by atoms with Crippen LogP contribution in [0.1, 0.15) is 5.56 Å². The summed E-state index contributed by atoms with van der Waals surface area (Å²) in [5.74, 6) is 0. The maximum absolute atomic E-state index is 9.93. The molecule has 9 aromatic rings. The van der Waals surface area contributed by atoms with E-state index in [0.29, 0.717) is 11.3 Å². The van der Waals surface area contributed by atoms with Crippen LogP contribution in [0.2, 0.25) is 0 Å². The molecule has 9 rings (SSSR count). The molecule has 2 heterocycles. The monoisotopic (exact) mass is 610 g/mol. The van der Waals surface area contributed by atoms with Crippen LogP contribution in [0, 0.1) is 17.9 Å². The third kappa shape index (κ3) is 4.14. The highest BCUT2D eigenvalue weighted by Gasteiger charge is 2.18. The smallest absolute Gasteiger partial charge is 0.189 e. The van der Waals surface area contributed by atoms with Gasteiger partial charge in [0.25, 0.3) is 0 Å². The Labute approximate surface area is 277 Å². The highest BCUT2D eigenvalue weighted by Crippen LogP contribution is 2.39. The second kappa shape index (κ2) is 10.9. The minimum atomic E-state index is 0.602. The van der Waals surface area contributed by atoms with Crippen molar-refractivity contribution in [1.29, 1.82) is 5.26 Å². The number of aromatic nitrogens is 2. The Morgan fingerprint density at radius 2 is 1.08 bits per heavy atom. The van der Waals surface area contributed by atoms with Crippen LogP contribution in [-0.4, -0.2) is 9.13 Å². The van der Waals surface area contributed by atoms with Crippen molar-refractivity contribution in [2.24, 2.45) is 0 Å². The van der Waals surface area contributed by atoms with Crippen LogP contribution in [0.5, 0.6) is 0 Å². The van der Waals surface area contributed by atoms with Crippen molar-refractivity contribution in [1.82, 2.24) is 9.13 Å². The zero-order chi connectivity index (χ0) is 32.2. The first-order valence-corrected chi connectivity index (χ1v) is 15.9. The molecular weight excluding hydrogens is 585 g/mol. The Morgan fingerprint density at radius 1 is 0.500 bits per heavy atom. The SMILES string of the molecule is [C-]#[N+]c1ccc(-c2cccc(-c3cccc(-n4c5ccccc5c5c(C#N)cccc54)c3)c2)c(-n2c3ccccc3c3ccccc32)c1. The Morgan fingerprint density at radius 3 is 1.79 bits per heavy atom. The molecule has 4 nitrogen and oxygen atoms in total. The van der Waals surface area contributed by atoms with Gasteiger partial charge < -0.3 is 9.13 Å². The molecule has 0 N–H and O–H groups in total. The van der Waals surface area contributed by atoms with Gasteiger partial charge in [-0.05, 0) is 71.3 Å². The molecule has 7 aromatic carbocycles. The van der Waals surface area contributed by atoms with Gasteiger partial charge in [0.05, 0.1) is 40.3 Å². The van der Waals surface area contributed by atoms with Gasteiger partial charge in [0.15, 0.2) is 5.69 Å². The maximum Gasteiger partial charge on any atom is 0.189 e. The second-order valence-corrected chi connectivity index (χ2v) is 12.0. The van der Waals surface area contributed by atoms with E-state index in [1.807, 2.05) is 36.4 Å². The van der Waals surface area contributed by atoms with Crippen molar-refractivity contribution in [3.8, 4) is 39.7 Å². The normalized spacial score (nSPS) is 11.3. The lowest BCUT2D eigenvalue weighted by molar-refractivity contribution is 1.18. The minimum Gasteiger partial charge on any atom is -0.310 e. The molecule has 2 aromatic heterocycles. The van der Waals surface area contributed by atoms with Crippen LogP contribution in [0.15, 0.2) is 158 Å². The zero-order valence-corrected chi connectivity index (χ0v) is 25.8. The molecule has 0 spiro atoms. The fourth-order valence-corrected chi connectivity index (χ4v) is 7.28. The molecule has 0 bridgehead atoms. The molecule has 48 heavy (non-hydrogen) atoms. The summed E-state index contributed by atoms with van der Waals surface area (Å²) in [7, 11) is 0. The number of hydrogen-bond acceptors (Lipinski definition) is 1. The second-order valence-electron chi connectivity index (χ2n) is 12.0. The zero-order valence-electron chi connectivity index (χ0n) is 25.8. The van der Waals surface area contributed by atoms with Gasteiger partial charge in [0.1, 0.15) is 0 Å². The van der Waals surface area contributed by atoms with Crippen molar-refractivity contribution in [2.45, 2.75) is 0 Å². The molecule has 0 aliphatic heterocycles. The van der Waals surface area contributed by atoms with Gasteiger partial charge in [-0.15, -0.1) is 0 Å². The fraction of sp³-hybridized carbons (Fsp3) is 0. The molecule has 0 amide bonds. The van der Waals surface area contributed by atoms with Gasteiger partial charge in [-0.25, -0.2) is 4.85 Å². The van der Waals surface area contributed by atoms with E-state index in [0.717, 1.165) is 66.5 Å². The van der Waals surface area contributed by atoms with Gasteiger partial charge in [-0.2, -0.15) is 5.26 Å². The van der Waals surface area contributed by atoms with Gasteiger partial charge >= 0.3 is 0 Å². The Kier molecular flexibility index (Phi) is 6.22. The molecule has 0 atom stereocenters. The van der Waals surface area contributed by atoms with Crippen molar-refractivity contribution in [2.75, 3.05) is 0 Å². The van der Waals surface area contributed by atoms with E-state index >= 15 is 0 Å². The molecule has 0 saturated heterocycles. The van der Waals surface area contributed by atoms with Crippen molar-refractivity contribution in [3.05, 3.63) is 175 Å². The molecule has 0 saturated carbocycles. The number of rotatable bonds is 4. The van der Waals surface area contributed by atoms with Crippen molar-refractivity contribution >= 4 is 49.3 Å². The summed E-state index contributed by atoms with van der Waals surface area (Å²) >= 11 is 0. The molecule has 4 heteroatoms. The summed E-state index contributed by atoms with van der Waals surface area (Å²) in [5, 5.41) is 14.3. The minimum absolute atomic E-state index is 0.602. The molecule has 222 valence electrons. The van der Waals surface area contributed by atoms with E-state index < -0.39 is 0 Å². The number of nitrogens with zero attached hydrogens (tertiary/aromatic N) is 4. The topological polar surface area (TPSA) is 38.0 Å². The predicted molar refractivity (Wildman–Crippen MR) is 197 cm³/mol. The molecule has 0 radical (unpaired) electrons. The van der Waals surface area contributed by atoms with Crippen LogP contribution < -0.4 is 0 Å². The summed E-state index contributed by atoms with van der Waals surface area (Å²) in [6.45, 7) is 7.81.